The van der Waals surface area contributed by atoms with Crippen LogP contribution in [0.2, 0.25) is 0 Å². The first kappa shape index (κ1) is 15.3. The number of dihydropyridines is 1. The van der Waals surface area contributed by atoms with E-state index in [1.807, 2.05) is 0 Å². The number of hydrogen-bond donors (Lipinski definition) is 0. The Morgan fingerprint density at radius 1 is 1.46 bits per heavy atom. The molecule has 3 rings (SSSR count). The Balaban J connectivity index is 2.13. The van der Waals surface area contributed by atoms with Crippen molar-refractivity contribution in [1.29, 1.82) is 5.26 Å². The Bertz CT molecular complexity index is 954. The molecule has 120 valence electrons. The Morgan fingerprint density at radius 2 is 2.25 bits per heavy atom. The lowest BCUT2D eigenvalue weighted by atomic mass is 10.2. The molecule has 0 amide bonds. The van der Waals surface area contributed by atoms with E-state index < -0.39 is 4.92 Å². The summed E-state index contributed by atoms with van der Waals surface area (Å²) in [5.74, 6) is 0.407. The Morgan fingerprint density at radius 3 is 2.83 bits per heavy atom. The van der Waals surface area contributed by atoms with Crippen molar-refractivity contribution in [2.45, 2.75) is 0 Å². The van der Waals surface area contributed by atoms with Gasteiger partial charge in [0.1, 0.15) is 17.8 Å². The third kappa shape index (κ3) is 2.48. The third-order valence-electron chi connectivity index (χ3n) is 3.47. The summed E-state index contributed by atoms with van der Waals surface area (Å²) in [7, 11) is 3.15. The molecule has 10 nitrogen and oxygen atoms in total. The summed E-state index contributed by atoms with van der Waals surface area (Å²) in [6.45, 7) is 0.412. The molecule has 1 aliphatic heterocycles. The number of nitriles is 1. The van der Waals surface area contributed by atoms with E-state index in [4.69, 9.17) is 0 Å². The number of nitro groups is 1. The van der Waals surface area contributed by atoms with Crippen LogP contribution in [0.5, 0.6) is 0 Å². The topological polar surface area (TPSA) is 127 Å². The van der Waals surface area contributed by atoms with Gasteiger partial charge >= 0.3 is 5.82 Å². The van der Waals surface area contributed by atoms with Gasteiger partial charge in [0.25, 0.3) is 5.82 Å². The molecule has 0 unspecified atom stereocenters. The lowest BCUT2D eigenvalue weighted by Gasteiger charge is -2.01. The van der Waals surface area contributed by atoms with Gasteiger partial charge < -0.3 is 10.1 Å². The van der Waals surface area contributed by atoms with Gasteiger partial charge in [-0.2, -0.15) is 10.4 Å². The predicted molar refractivity (Wildman–Crippen MR) is 86.4 cm³/mol. The highest BCUT2D eigenvalue weighted by Crippen LogP contribution is 2.30. The molecular formula is C14H12N8O2. The predicted octanol–water partition coefficient (Wildman–Crippen LogP) is 1.31. The molecule has 3 heterocycles. The molecule has 0 aromatic carbocycles. The van der Waals surface area contributed by atoms with Crippen LogP contribution in [0, 0.1) is 21.4 Å². The summed E-state index contributed by atoms with van der Waals surface area (Å²) >= 11 is 0. The molecule has 0 fully saturated rings. The number of rotatable bonds is 3. The van der Waals surface area contributed by atoms with Gasteiger partial charge in [-0.1, -0.05) is 0 Å². The average Bonchev–Trinajstić information content (AvgIpc) is 3.09. The summed E-state index contributed by atoms with van der Waals surface area (Å²) < 4.78 is 2.73. The Kier molecular flexibility index (Phi) is 3.75. The van der Waals surface area contributed by atoms with Gasteiger partial charge in [0.2, 0.25) is 0 Å². The lowest BCUT2D eigenvalue weighted by Crippen LogP contribution is -2.03. The number of aliphatic imine (C=N–C) groups is 2. The summed E-state index contributed by atoms with van der Waals surface area (Å²) in [5.41, 5.74) is 1.14. The SMILES string of the molecule is Cn1nc(-c2ncc([N+](=O)[O-])n2C)c(C#N)c1N=C1C=CC=NC1. The minimum Gasteiger partial charge on any atom is -0.358 e. The van der Waals surface area contributed by atoms with Crippen LogP contribution < -0.4 is 0 Å². The number of nitrogens with zero attached hydrogens (tertiary/aromatic N) is 8. The zero-order chi connectivity index (χ0) is 17.3. The second-order valence-electron chi connectivity index (χ2n) is 4.99. The van der Waals surface area contributed by atoms with E-state index in [1.165, 1.54) is 16.3 Å². The molecule has 1 aliphatic rings. The largest absolute Gasteiger partial charge is 0.358 e. The number of hydrogen-bond acceptors (Lipinski definition) is 7. The quantitative estimate of drug-likeness (QED) is 0.621. The molecule has 2 aromatic heterocycles. The van der Waals surface area contributed by atoms with Crippen molar-refractivity contribution in [3.05, 3.63) is 34.0 Å². The number of imidazole rings is 1. The highest BCUT2D eigenvalue weighted by atomic mass is 16.6. The van der Waals surface area contributed by atoms with Gasteiger partial charge in [-0.25, -0.2) is 19.2 Å². The maximum atomic E-state index is 11.0. The summed E-state index contributed by atoms with van der Waals surface area (Å²) in [5, 5.41) is 24.8. The van der Waals surface area contributed by atoms with Crippen LogP contribution in [-0.2, 0) is 14.1 Å². The van der Waals surface area contributed by atoms with Gasteiger partial charge in [0.15, 0.2) is 11.5 Å². The maximum Gasteiger partial charge on any atom is 0.342 e. The fourth-order valence-electron chi connectivity index (χ4n) is 2.32. The maximum absolute atomic E-state index is 11.0. The molecule has 0 bridgehead atoms. The van der Waals surface area contributed by atoms with Crippen LogP contribution in [0.1, 0.15) is 5.56 Å². The first-order valence-electron chi connectivity index (χ1n) is 6.90. The zero-order valence-corrected chi connectivity index (χ0v) is 12.9. The molecule has 10 heteroatoms. The Labute approximate surface area is 136 Å². The van der Waals surface area contributed by atoms with E-state index in [-0.39, 0.29) is 22.9 Å². The van der Waals surface area contributed by atoms with Crippen molar-refractivity contribution in [1.82, 2.24) is 19.3 Å². The first-order chi connectivity index (χ1) is 11.5. The van der Waals surface area contributed by atoms with Crippen molar-refractivity contribution in [3.63, 3.8) is 0 Å². The number of allylic oxidation sites excluding steroid dienone is 1. The average molecular weight is 324 g/mol. The van der Waals surface area contributed by atoms with Crippen molar-refractivity contribution in [3.8, 4) is 17.6 Å². The van der Waals surface area contributed by atoms with Crippen LogP contribution in [0.15, 0.2) is 28.3 Å². The highest BCUT2D eigenvalue weighted by Gasteiger charge is 2.26. The Hall–Kier alpha value is -3.61. The second-order valence-corrected chi connectivity index (χ2v) is 4.99. The lowest BCUT2D eigenvalue weighted by molar-refractivity contribution is -0.391. The van der Waals surface area contributed by atoms with Crippen molar-refractivity contribution >= 4 is 23.6 Å². The smallest absolute Gasteiger partial charge is 0.342 e. The van der Waals surface area contributed by atoms with E-state index in [1.54, 1.807) is 25.4 Å². The van der Waals surface area contributed by atoms with E-state index in [0.29, 0.717) is 18.1 Å². The molecule has 0 atom stereocenters. The van der Waals surface area contributed by atoms with Crippen LogP contribution in [0.4, 0.5) is 11.6 Å². The summed E-state index contributed by atoms with van der Waals surface area (Å²) in [6.07, 6.45) is 6.36. The van der Waals surface area contributed by atoms with Crippen LogP contribution in [0.3, 0.4) is 0 Å². The van der Waals surface area contributed by atoms with Crippen LogP contribution in [0.25, 0.3) is 11.5 Å². The standard InChI is InChI=1S/C14H12N8O2/c1-20-11(22(23)24)8-17-14(20)12-10(6-15)13(21(2)19-12)18-9-4-3-5-16-7-9/h3-5,8H,7H2,1-2H3. The molecule has 2 aromatic rings. The fraction of sp³-hybridized carbons (Fsp3) is 0.214. The van der Waals surface area contributed by atoms with E-state index in [0.717, 1.165) is 6.20 Å². The number of aromatic nitrogens is 4. The summed E-state index contributed by atoms with van der Waals surface area (Å²) in [4.78, 5) is 23.0. The van der Waals surface area contributed by atoms with E-state index >= 15 is 0 Å². The van der Waals surface area contributed by atoms with E-state index in [2.05, 4.69) is 26.1 Å². The highest BCUT2D eigenvalue weighted by molar-refractivity contribution is 6.03. The van der Waals surface area contributed by atoms with Gasteiger partial charge in [0, 0.05) is 13.3 Å². The molecule has 0 N–H and O–H groups in total. The van der Waals surface area contributed by atoms with Crippen LogP contribution >= 0.6 is 0 Å². The molecular weight excluding hydrogens is 312 g/mol. The molecule has 24 heavy (non-hydrogen) atoms. The molecule has 0 saturated carbocycles. The molecule has 0 radical (unpaired) electrons. The van der Waals surface area contributed by atoms with Gasteiger partial charge in [-0.3, -0.25) is 4.99 Å². The van der Waals surface area contributed by atoms with Gasteiger partial charge in [-0.05, 0) is 17.1 Å². The minimum atomic E-state index is -0.544. The fourth-order valence-corrected chi connectivity index (χ4v) is 2.32. The molecule has 0 spiro atoms. The van der Waals surface area contributed by atoms with Crippen LogP contribution in [-0.4, -0.2) is 42.7 Å². The van der Waals surface area contributed by atoms with Crippen molar-refractivity contribution < 1.29 is 4.92 Å². The number of aryl methyl sites for hydroxylation is 1. The normalized spacial score (nSPS) is 15.0. The molecule has 0 aliphatic carbocycles. The van der Waals surface area contributed by atoms with Crippen molar-refractivity contribution in [2.24, 2.45) is 24.1 Å². The summed E-state index contributed by atoms with van der Waals surface area (Å²) in [6, 6.07) is 2.06. The first-order valence-corrected chi connectivity index (χ1v) is 6.90. The zero-order valence-electron chi connectivity index (χ0n) is 12.9. The van der Waals surface area contributed by atoms with Gasteiger partial charge in [0.05, 0.1) is 19.3 Å². The second kappa shape index (κ2) is 5.88. The van der Waals surface area contributed by atoms with E-state index in [9.17, 15) is 15.4 Å². The third-order valence-corrected chi connectivity index (χ3v) is 3.47. The minimum absolute atomic E-state index is 0.183. The molecule has 0 saturated heterocycles. The van der Waals surface area contributed by atoms with Gasteiger partial charge in [-0.15, -0.1) is 0 Å². The monoisotopic (exact) mass is 324 g/mol. The van der Waals surface area contributed by atoms with Crippen molar-refractivity contribution in [2.75, 3.05) is 6.54 Å².